The van der Waals surface area contributed by atoms with Gasteiger partial charge in [-0.25, -0.2) is 0 Å². The minimum Gasteiger partial charge on any atom is -0.392 e. The van der Waals surface area contributed by atoms with E-state index in [4.69, 9.17) is 0 Å². The molecule has 7 rings (SSSR count). The lowest BCUT2D eigenvalue weighted by Crippen LogP contribution is -2.59. The molecule has 1 heterocycles. The van der Waals surface area contributed by atoms with Crippen LogP contribution in [0.5, 0.6) is 0 Å². The number of hydrogen-bond donors (Lipinski definition) is 2. The number of fused-ring (bicyclic) bond motifs is 4. The molecule has 5 aliphatic rings. The highest BCUT2D eigenvalue weighted by Gasteiger charge is 2.67. The van der Waals surface area contributed by atoms with Gasteiger partial charge >= 0.3 is 0 Å². The topological polar surface area (TPSA) is 70.4 Å². The van der Waals surface area contributed by atoms with Gasteiger partial charge in [0.05, 0.1) is 12.2 Å². The number of nitrogens with zero attached hydrogens (tertiary/aromatic N) is 1. The summed E-state index contributed by atoms with van der Waals surface area (Å²) < 4.78 is 0. The number of pyridine rings is 1. The van der Waals surface area contributed by atoms with Gasteiger partial charge in [-0.05, 0) is 108 Å². The number of benzene rings is 1. The zero-order valence-electron chi connectivity index (χ0n) is 21.7. The monoisotopic (exact) mass is 495 g/mol. The van der Waals surface area contributed by atoms with Crippen LogP contribution < -0.4 is 0 Å². The Kier molecular flexibility index (Phi) is 5.23. The number of rotatable bonds is 3. The molecule has 1 spiro atoms. The van der Waals surface area contributed by atoms with Crippen LogP contribution in [0.4, 0.5) is 0 Å². The van der Waals surface area contributed by atoms with E-state index in [0.717, 1.165) is 50.5 Å². The lowest BCUT2D eigenvalue weighted by molar-refractivity contribution is -0.128. The maximum absolute atomic E-state index is 12.6. The summed E-state index contributed by atoms with van der Waals surface area (Å²) >= 11 is 0. The van der Waals surface area contributed by atoms with E-state index in [0.29, 0.717) is 35.9 Å². The van der Waals surface area contributed by atoms with Gasteiger partial charge in [-0.3, -0.25) is 9.78 Å². The van der Waals surface area contributed by atoms with Gasteiger partial charge in [0.1, 0.15) is 0 Å². The molecule has 7 atom stereocenters. The number of carbonyl (C=O) groups excluding carboxylic acids is 1. The standard InChI is InChI=1S/C33H37NO3/c1-31-19-28-26-7-5-21(22-4-2-14-34-20-22)16-23(26)18-32-12-9-25(36)17-24(32)6-8-27(30(28)32)29(31)10-13-33(31,37)11-3-15-35/h2-5,7,11,14,16-17,20,27-30,35,37H,6,8-10,12-13,15,18-19H2,1H3/b11-3-/t27-,28+,29-,30+,31-,32+,33-/m0/s1. The Balaban J connectivity index is 1.40. The number of carbonyl (C=O) groups is 1. The zero-order chi connectivity index (χ0) is 25.4. The summed E-state index contributed by atoms with van der Waals surface area (Å²) in [5, 5.41) is 21.5. The van der Waals surface area contributed by atoms with Crippen LogP contribution in [0.25, 0.3) is 11.1 Å². The second-order valence-electron chi connectivity index (χ2n) is 12.7. The van der Waals surface area contributed by atoms with Crippen LogP contribution in [0.15, 0.2) is 66.5 Å². The minimum atomic E-state index is -0.884. The van der Waals surface area contributed by atoms with Crippen LogP contribution in [-0.2, 0) is 11.2 Å². The first kappa shape index (κ1) is 23.5. The third kappa shape index (κ3) is 3.21. The van der Waals surface area contributed by atoms with E-state index < -0.39 is 5.60 Å². The van der Waals surface area contributed by atoms with Gasteiger partial charge in [0.15, 0.2) is 5.78 Å². The highest BCUT2D eigenvalue weighted by molar-refractivity contribution is 5.91. The number of hydrogen-bond acceptors (Lipinski definition) is 4. The van der Waals surface area contributed by atoms with E-state index in [1.54, 1.807) is 6.08 Å². The number of aliphatic hydroxyl groups excluding tert-OH is 1. The molecular weight excluding hydrogens is 458 g/mol. The summed E-state index contributed by atoms with van der Waals surface area (Å²) in [7, 11) is 0. The molecule has 2 N–H and O–H groups in total. The third-order valence-electron chi connectivity index (χ3n) is 11.4. The van der Waals surface area contributed by atoms with Gasteiger partial charge < -0.3 is 10.2 Å². The van der Waals surface area contributed by atoms with E-state index in [2.05, 4.69) is 36.2 Å². The summed E-state index contributed by atoms with van der Waals surface area (Å²) in [6.07, 6.45) is 16.9. The Morgan fingerprint density at radius 2 is 2.03 bits per heavy atom. The van der Waals surface area contributed by atoms with Crippen LogP contribution >= 0.6 is 0 Å². The van der Waals surface area contributed by atoms with Gasteiger partial charge in [0.2, 0.25) is 0 Å². The van der Waals surface area contributed by atoms with Gasteiger partial charge in [-0.1, -0.05) is 48.9 Å². The lowest BCUT2D eigenvalue weighted by atomic mass is 9.39. The van der Waals surface area contributed by atoms with E-state index in [1.165, 1.54) is 22.3 Å². The second-order valence-corrected chi connectivity index (χ2v) is 12.7. The summed E-state index contributed by atoms with van der Waals surface area (Å²) in [6.45, 7) is 2.28. The van der Waals surface area contributed by atoms with Crippen molar-refractivity contribution >= 4 is 5.78 Å². The SMILES string of the molecule is C[C@]12C[C@@H]3c4ccc(-c5cccnc5)cc4C[C@]45CCC(=O)C=C4CC[C@H]([C@H]35)[C@@H]1CC[C@@]2(O)/C=C\CO. The molecule has 0 saturated heterocycles. The molecule has 0 unspecified atom stereocenters. The molecule has 0 amide bonds. The van der Waals surface area contributed by atoms with E-state index in [9.17, 15) is 15.0 Å². The summed E-state index contributed by atoms with van der Waals surface area (Å²) in [5.41, 5.74) is 5.56. The first-order valence-corrected chi connectivity index (χ1v) is 14.2. The minimum absolute atomic E-state index is 0.0379. The molecule has 4 heteroatoms. The Bertz CT molecular complexity index is 1310. The van der Waals surface area contributed by atoms with Crippen molar-refractivity contribution in [3.63, 3.8) is 0 Å². The van der Waals surface area contributed by atoms with Crippen molar-refractivity contribution in [2.45, 2.75) is 69.8 Å². The first-order valence-electron chi connectivity index (χ1n) is 14.2. The van der Waals surface area contributed by atoms with Crippen molar-refractivity contribution in [3.8, 4) is 11.1 Å². The highest BCUT2D eigenvalue weighted by atomic mass is 16.3. The Labute approximate surface area is 219 Å². The fourth-order valence-electron chi connectivity index (χ4n) is 9.88. The predicted octanol–water partition coefficient (Wildman–Crippen LogP) is 5.79. The molecule has 192 valence electrons. The highest BCUT2D eigenvalue weighted by Crippen LogP contribution is 2.73. The molecule has 2 aromatic rings. The maximum atomic E-state index is 12.6. The smallest absolute Gasteiger partial charge is 0.155 e. The molecule has 0 radical (unpaired) electrons. The zero-order valence-corrected chi connectivity index (χ0v) is 21.7. The maximum Gasteiger partial charge on any atom is 0.155 e. The van der Waals surface area contributed by atoms with E-state index in [-0.39, 0.29) is 17.4 Å². The second kappa shape index (κ2) is 8.22. The average molecular weight is 496 g/mol. The van der Waals surface area contributed by atoms with Gasteiger partial charge in [-0.15, -0.1) is 0 Å². The van der Waals surface area contributed by atoms with Gasteiger partial charge in [0.25, 0.3) is 0 Å². The van der Waals surface area contributed by atoms with Gasteiger partial charge in [-0.2, -0.15) is 0 Å². The number of ketones is 1. The molecule has 5 aliphatic carbocycles. The van der Waals surface area contributed by atoms with Crippen LogP contribution in [0, 0.1) is 28.6 Å². The molecule has 1 aromatic carbocycles. The van der Waals surface area contributed by atoms with Crippen LogP contribution in [0.3, 0.4) is 0 Å². The summed E-state index contributed by atoms with van der Waals surface area (Å²) in [4.78, 5) is 16.9. The average Bonchev–Trinajstić information content (AvgIpc) is 3.18. The van der Waals surface area contributed by atoms with Crippen LogP contribution in [0.2, 0.25) is 0 Å². The lowest BCUT2D eigenvalue weighted by Gasteiger charge is -2.65. The van der Waals surface area contributed by atoms with E-state index in [1.807, 2.05) is 30.6 Å². The Hall–Kier alpha value is -2.56. The van der Waals surface area contributed by atoms with Crippen molar-refractivity contribution < 1.29 is 15.0 Å². The molecule has 0 aliphatic heterocycles. The van der Waals surface area contributed by atoms with Crippen LogP contribution in [0.1, 0.15) is 68.9 Å². The molecule has 0 bridgehead atoms. The normalized spacial score (nSPS) is 40.0. The molecule has 4 nitrogen and oxygen atoms in total. The van der Waals surface area contributed by atoms with Crippen molar-refractivity contribution in [2.75, 3.05) is 6.61 Å². The van der Waals surface area contributed by atoms with Gasteiger partial charge in [0, 0.05) is 24.2 Å². The number of aromatic nitrogens is 1. The molecule has 3 fully saturated rings. The summed E-state index contributed by atoms with van der Waals surface area (Å²) in [5.74, 6) is 2.21. The Morgan fingerprint density at radius 3 is 2.84 bits per heavy atom. The molecular formula is C33H37NO3. The largest absolute Gasteiger partial charge is 0.392 e. The molecule has 1 aromatic heterocycles. The van der Waals surface area contributed by atoms with Crippen LogP contribution in [-0.4, -0.2) is 33.2 Å². The fourth-order valence-corrected chi connectivity index (χ4v) is 9.88. The predicted molar refractivity (Wildman–Crippen MR) is 144 cm³/mol. The fraction of sp³-hybridized carbons (Fsp3) is 0.515. The van der Waals surface area contributed by atoms with E-state index >= 15 is 0 Å². The van der Waals surface area contributed by atoms with Crippen molar-refractivity contribution in [2.24, 2.45) is 28.6 Å². The van der Waals surface area contributed by atoms with Crippen molar-refractivity contribution in [1.29, 1.82) is 0 Å². The molecule has 37 heavy (non-hydrogen) atoms. The van der Waals surface area contributed by atoms with Crippen molar-refractivity contribution in [3.05, 3.63) is 77.7 Å². The first-order chi connectivity index (χ1) is 17.9. The molecule has 3 saturated carbocycles. The number of allylic oxidation sites excluding steroid dienone is 1. The quantitative estimate of drug-likeness (QED) is 0.529. The summed E-state index contributed by atoms with van der Waals surface area (Å²) in [6, 6.07) is 11.1. The third-order valence-corrected chi connectivity index (χ3v) is 11.4. The Morgan fingerprint density at radius 1 is 1.14 bits per heavy atom. The number of aliphatic hydroxyl groups is 2. The van der Waals surface area contributed by atoms with Crippen molar-refractivity contribution in [1.82, 2.24) is 4.98 Å².